The number of hydrogen-bond donors (Lipinski definition) is 1. The molecule has 3 aromatic rings. The molecular formula is C25H27F3N8. The summed E-state index contributed by atoms with van der Waals surface area (Å²) in [4.78, 5) is 19.1. The summed E-state index contributed by atoms with van der Waals surface area (Å²) in [6.07, 6.45) is 5.87. The Hall–Kier alpha value is -3.60. The van der Waals surface area contributed by atoms with Crippen molar-refractivity contribution in [2.24, 2.45) is 9.98 Å². The van der Waals surface area contributed by atoms with E-state index in [0.29, 0.717) is 23.1 Å². The summed E-state index contributed by atoms with van der Waals surface area (Å²) in [5.41, 5.74) is 2.16. The van der Waals surface area contributed by atoms with Crippen molar-refractivity contribution in [3.05, 3.63) is 65.2 Å². The largest absolute Gasteiger partial charge is 0.331 e. The van der Waals surface area contributed by atoms with Gasteiger partial charge in [-0.25, -0.2) is 23.1 Å². The Kier molecular flexibility index (Phi) is 6.82. The molecule has 188 valence electrons. The summed E-state index contributed by atoms with van der Waals surface area (Å²) < 4.78 is 45.0. The first-order chi connectivity index (χ1) is 17.5. The van der Waals surface area contributed by atoms with Crippen LogP contribution >= 0.6 is 0 Å². The van der Waals surface area contributed by atoms with E-state index in [4.69, 9.17) is 0 Å². The number of alkyl halides is 1. The number of benzene rings is 1. The normalized spacial score (nSPS) is 21.2. The molecular weight excluding hydrogens is 469 g/mol. The fourth-order valence-corrected chi connectivity index (χ4v) is 4.97. The standard InChI is InChI=1S/C25H27F3N8/c1-29-21-12-32-25(35-14-17(27)10-22(35)19-9-16(26)3-4-20(19)28)34-24(21)23(30-2)15-11-33-36(13-15)18-5-7-31-8-6-18/h3-4,9,11-13,17-18,22,31H,1,5-8,10,14H2,2H3/t17-,22+/m0/s1. The molecule has 5 rings (SSSR count). The maximum absolute atomic E-state index is 14.6. The number of nitrogens with zero attached hydrogens (tertiary/aromatic N) is 7. The van der Waals surface area contributed by atoms with Crippen LogP contribution < -0.4 is 10.2 Å². The highest BCUT2D eigenvalue weighted by Gasteiger charge is 2.37. The number of piperidine rings is 1. The Morgan fingerprint density at radius 3 is 2.75 bits per heavy atom. The zero-order valence-electron chi connectivity index (χ0n) is 19.9. The second-order valence-electron chi connectivity index (χ2n) is 8.99. The van der Waals surface area contributed by atoms with Gasteiger partial charge in [0.15, 0.2) is 0 Å². The molecule has 0 saturated carbocycles. The SMILES string of the molecule is C=Nc1cnc(N2C[C@@H](F)C[C@@H]2c2cc(F)ccc2F)nc1C(=NC)c1cnn(C2CCNCC2)c1. The van der Waals surface area contributed by atoms with Crippen molar-refractivity contribution < 1.29 is 13.2 Å². The maximum Gasteiger partial charge on any atom is 0.226 e. The van der Waals surface area contributed by atoms with E-state index in [1.807, 2.05) is 10.9 Å². The summed E-state index contributed by atoms with van der Waals surface area (Å²) >= 11 is 0. The first kappa shape index (κ1) is 24.1. The number of rotatable bonds is 6. The second-order valence-corrected chi connectivity index (χ2v) is 8.99. The van der Waals surface area contributed by atoms with Crippen molar-refractivity contribution >= 4 is 24.1 Å². The second kappa shape index (κ2) is 10.2. The van der Waals surface area contributed by atoms with Crippen molar-refractivity contribution in [2.75, 3.05) is 31.6 Å². The average molecular weight is 497 g/mol. The zero-order chi connectivity index (χ0) is 25.2. The van der Waals surface area contributed by atoms with Crippen molar-refractivity contribution in [1.82, 2.24) is 25.1 Å². The van der Waals surface area contributed by atoms with Gasteiger partial charge in [-0.3, -0.25) is 14.7 Å². The van der Waals surface area contributed by atoms with Crippen LogP contribution in [0.2, 0.25) is 0 Å². The lowest BCUT2D eigenvalue weighted by Gasteiger charge is -2.25. The highest BCUT2D eigenvalue weighted by atomic mass is 19.1. The molecule has 2 aliphatic rings. The van der Waals surface area contributed by atoms with Crippen LogP contribution in [0, 0.1) is 11.6 Å². The van der Waals surface area contributed by atoms with Crippen LogP contribution in [0.25, 0.3) is 0 Å². The van der Waals surface area contributed by atoms with E-state index in [-0.39, 0.29) is 24.5 Å². The summed E-state index contributed by atoms with van der Waals surface area (Å²) in [5, 5.41) is 7.90. The quantitative estimate of drug-likeness (QED) is 0.523. The summed E-state index contributed by atoms with van der Waals surface area (Å²) in [5.74, 6) is -1.02. The van der Waals surface area contributed by atoms with Gasteiger partial charge in [0, 0.05) is 30.8 Å². The molecule has 0 spiro atoms. The van der Waals surface area contributed by atoms with Crippen LogP contribution in [0.3, 0.4) is 0 Å². The van der Waals surface area contributed by atoms with Gasteiger partial charge in [-0.1, -0.05) is 0 Å². The summed E-state index contributed by atoms with van der Waals surface area (Å²) in [6, 6.07) is 2.73. The minimum Gasteiger partial charge on any atom is -0.331 e. The van der Waals surface area contributed by atoms with Crippen LogP contribution in [0.15, 0.2) is 46.8 Å². The van der Waals surface area contributed by atoms with E-state index in [2.05, 4.69) is 37.1 Å². The molecule has 4 heterocycles. The molecule has 0 amide bonds. The Bertz CT molecular complexity index is 1280. The van der Waals surface area contributed by atoms with Crippen LogP contribution in [-0.2, 0) is 0 Å². The topological polar surface area (TPSA) is 83.6 Å². The number of aliphatic imine (C=N–C) groups is 2. The van der Waals surface area contributed by atoms with Crippen molar-refractivity contribution in [1.29, 1.82) is 0 Å². The predicted octanol–water partition coefficient (Wildman–Crippen LogP) is 3.96. The summed E-state index contributed by atoms with van der Waals surface area (Å²) in [7, 11) is 1.64. The van der Waals surface area contributed by atoms with E-state index in [0.717, 1.165) is 49.7 Å². The highest BCUT2D eigenvalue weighted by molar-refractivity contribution is 6.14. The molecule has 0 radical (unpaired) electrons. The van der Waals surface area contributed by atoms with Crippen LogP contribution in [0.4, 0.5) is 24.8 Å². The average Bonchev–Trinajstić information content (AvgIpc) is 3.54. The lowest BCUT2D eigenvalue weighted by atomic mass is 10.0. The zero-order valence-corrected chi connectivity index (χ0v) is 19.9. The fourth-order valence-electron chi connectivity index (χ4n) is 4.97. The minimum absolute atomic E-state index is 0.00172. The molecule has 2 saturated heterocycles. The molecule has 2 aliphatic heterocycles. The van der Waals surface area contributed by atoms with Gasteiger partial charge in [-0.05, 0) is 50.8 Å². The molecule has 2 atom stereocenters. The molecule has 1 N–H and O–H groups in total. The van der Waals surface area contributed by atoms with Gasteiger partial charge < -0.3 is 10.2 Å². The Morgan fingerprint density at radius 2 is 2.00 bits per heavy atom. The molecule has 2 aromatic heterocycles. The van der Waals surface area contributed by atoms with Crippen molar-refractivity contribution in [3.8, 4) is 0 Å². The molecule has 0 bridgehead atoms. The van der Waals surface area contributed by atoms with Crippen molar-refractivity contribution in [3.63, 3.8) is 0 Å². The first-order valence-corrected chi connectivity index (χ1v) is 11.9. The lowest BCUT2D eigenvalue weighted by Crippen LogP contribution is -2.29. The molecule has 1 aromatic carbocycles. The van der Waals surface area contributed by atoms with E-state index in [1.165, 1.54) is 6.20 Å². The molecule has 2 fully saturated rings. The maximum atomic E-state index is 14.6. The third-order valence-corrected chi connectivity index (χ3v) is 6.76. The molecule has 11 heteroatoms. The third-order valence-electron chi connectivity index (χ3n) is 6.76. The number of halogens is 3. The van der Waals surface area contributed by atoms with Gasteiger partial charge in [0.25, 0.3) is 0 Å². The van der Waals surface area contributed by atoms with E-state index in [9.17, 15) is 13.2 Å². The van der Waals surface area contributed by atoms with Gasteiger partial charge in [0.1, 0.15) is 29.2 Å². The monoisotopic (exact) mass is 496 g/mol. The minimum atomic E-state index is -1.25. The van der Waals surface area contributed by atoms with E-state index in [1.54, 1.807) is 18.1 Å². The van der Waals surface area contributed by atoms with Gasteiger partial charge in [0.2, 0.25) is 5.95 Å². The van der Waals surface area contributed by atoms with Gasteiger partial charge in [0.05, 0.1) is 36.7 Å². The van der Waals surface area contributed by atoms with Crippen LogP contribution in [0.1, 0.15) is 48.2 Å². The van der Waals surface area contributed by atoms with Crippen LogP contribution in [0.5, 0.6) is 0 Å². The highest BCUT2D eigenvalue weighted by Crippen LogP contribution is 2.38. The predicted molar refractivity (Wildman–Crippen MR) is 132 cm³/mol. The molecule has 8 nitrogen and oxygen atoms in total. The van der Waals surface area contributed by atoms with Gasteiger partial charge >= 0.3 is 0 Å². The Balaban J connectivity index is 1.51. The van der Waals surface area contributed by atoms with Gasteiger partial charge in [-0.2, -0.15) is 5.10 Å². The molecule has 0 unspecified atom stereocenters. The smallest absolute Gasteiger partial charge is 0.226 e. The Morgan fingerprint density at radius 1 is 1.19 bits per heavy atom. The molecule has 36 heavy (non-hydrogen) atoms. The van der Waals surface area contributed by atoms with Gasteiger partial charge in [-0.15, -0.1) is 0 Å². The van der Waals surface area contributed by atoms with Crippen LogP contribution in [-0.4, -0.2) is 65.0 Å². The molecule has 0 aliphatic carbocycles. The van der Waals surface area contributed by atoms with E-state index >= 15 is 0 Å². The van der Waals surface area contributed by atoms with Crippen molar-refractivity contribution in [2.45, 2.75) is 37.5 Å². The Labute approximate surface area is 207 Å². The number of hydrogen-bond acceptors (Lipinski definition) is 7. The lowest BCUT2D eigenvalue weighted by molar-refractivity contribution is 0.343. The first-order valence-electron chi connectivity index (χ1n) is 11.9. The fraction of sp³-hybridized carbons (Fsp3) is 0.400. The summed E-state index contributed by atoms with van der Waals surface area (Å²) in [6.45, 7) is 5.45. The number of nitrogens with one attached hydrogen (secondary N) is 1. The van der Waals surface area contributed by atoms with E-state index < -0.39 is 23.8 Å². The number of aromatic nitrogens is 4. The number of anilines is 1. The third kappa shape index (κ3) is 4.62.